The molecule has 0 saturated carbocycles. The van der Waals surface area contributed by atoms with E-state index in [0.717, 1.165) is 22.6 Å². The Labute approximate surface area is 269 Å². The third kappa shape index (κ3) is 8.59. The third-order valence-electron chi connectivity index (χ3n) is 6.49. The van der Waals surface area contributed by atoms with Crippen LogP contribution in [0, 0.1) is 6.92 Å². The van der Waals surface area contributed by atoms with Crippen LogP contribution < -0.4 is 9.62 Å². The van der Waals surface area contributed by atoms with Crippen LogP contribution in [0.25, 0.3) is 0 Å². The first kappa shape index (κ1) is 35.5. The number of sulfonamides is 1. The van der Waals surface area contributed by atoms with Gasteiger partial charge in [0.05, 0.1) is 21.2 Å². The Morgan fingerprint density at radius 2 is 1.48 bits per heavy atom. The summed E-state index contributed by atoms with van der Waals surface area (Å²) in [5.41, 5.74) is -1.40. The van der Waals surface area contributed by atoms with Gasteiger partial charge in [-0.3, -0.25) is 13.9 Å². The van der Waals surface area contributed by atoms with Crippen molar-refractivity contribution < 1.29 is 31.2 Å². The van der Waals surface area contributed by atoms with Gasteiger partial charge in [0.15, 0.2) is 0 Å². The van der Waals surface area contributed by atoms with E-state index in [1.54, 1.807) is 33.8 Å². The van der Waals surface area contributed by atoms with Gasteiger partial charge in [-0.15, -0.1) is 0 Å². The Balaban J connectivity index is 2.17. The second kappa shape index (κ2) is 13.6. The number of halogens is 6. The predicted octanol–water partition coefficient (Wildman–Crippen LogP) is 7.50. The summed E-state index contributed by atoms with van der Waals surface area (Å²) in [7, 11) is -4.62. The first-order valence-electron chi connectivity index (χ1n) is 13.2. The molecule has 0 aliphatic heterocycles. The van der Waals surface area contributed by atoms with Gasteiger partial charge in [-0.1, -0.05) is 58.6 Å². The number of hydrogen-bond donors (Lipinski definition) is 1. The number of nitrogens with zero attached hydrogens (tertiary/aromatic N) is 2. The molecule has 3 aromatic carbocycles. The van der Waals surface area contributed by atoms with E-state index in [1.165, 1.54) is 43.3 Å². The van der Waals surface area contributed by atoms with Crippen LogP contribution in [0.15, 0.2) is 65.6 Å². The van der Waals surface area contributed by atoms with Crippen LogP contribution in [-0.2, 0) is 32.3 Å². The fourth-order valence-electron chi connectivity index (χ4n) is 4.16. The zero-order chi connectivity index (χ0) is 33.2. The standard InChI is InChI=1S/C30H31Cl3F3N3O4S/c1-18-9-12-21(13-10-18)44(42,43)39(20-11-14-26(33)23(15-20)30(34,35)36)17-27(40)38(19(2)28(41)37-29(3,4)5)16-22-24(31)7-6-8-25(22)32/h6-15,19H,16-17H2,1-5H3,(H,37,41)/t19-/m0/s1. The van der Waals surface area contributed by atoms with Gasteiger partial charge >= 0.3 is 6.18 Å². The van der Waals surface area contributed by atoms with Crippen LogP contribution in [0.1, 0.15) is 44.4 Å². The molecule has 44 heavy (non-hydrogen) atoms. The van der Waals surface area contributed by atoms with Gasteiger partial charge in [-0.25, -0.2) is 8.42 Å². The molecule has 0 aromatic heterocycles. The number of amides is 2. The monoisotopic (exact) mass is 691 g/mol. The maximum atomic E-state index is 14.1. The summed E-state index contributed by atoms with van der Waals surface area (Å²) in [5.74, 6) is -1.47. The highest BCUT2D eigenvalue weighted by atomic mass is 35.5. The summed E-state index contributed by atoms with van der Waals surface area (Å²) in [5, 5.41) is 2.51. The van der Waals surface area contributed by atoms with E-state index in [9.17, 15) is 31.2 Å². The Kier molecular flexibility index (Phi) is 10.9. The highest BCUT2D eigenvalue weighted by Crippen LogP contribution is 2.38. The van der Waals surface area contributed by atoms with Crippen molar-refractivity contribution in [2.24, 2.45) is 0 Å². The van der Waals surface area contributed by atoms with Crippen molar-refractivity contribution in [3.05, 3.63) is 92.4 Å². The van der Waals surface area contributed by atoms with E-state index in [1.807, 2.05) is 0 Å². The lowest BCUT2D eigenvalue weighted by atomic mass is 10.1. The molecule has 0 radical (unpaired) electrons. The van der Waals surface area contributed by atoms with Crippen molar-refractivity contribution in [2.45, 2.75) is 63.8 Å². The summed E-state index contributed by atoms with van der Waals surface area (Å²) in [6.45, 7) is 7.12. The lowest BCUT2D eigenvalue weighted by Crippen LogP contribution is -2.54. The molecule has 0 saturated heterocycles. The zero-order valence-corrected chi connectivity index (χ0v) is 27.6. The maximum absolute atomic E-state index is 14.1. The number of anilines is 1. The Morgan fingerprint density at radius 1 is 0.909 bits per heavy atom. The first-order valence-corrected chi connectivity index (χ1v) is 15.8. The average Bonchev–Trinajstić information content (AvgIpc) is 2.90. The summed E-state index contributed by atoms with van der Waals surface area (Å²) in [6, 6.07) is 11.6. The molecule has 1 N–H and O–H groups in total. The van der Waals surface area contributed by atoms with Gasteiger partial charge in [-0.2, -0.15) is 13.2 Å². The molecule has 0 unspecified atom stereocenters. The molecule has 3 aromatic rings. The van der Waals surface area contributed by atoms with Gasteiger partial charge in [-0.05, 0) is 77.1 Å². The molecule has 2 amide bonds. The predicted molar refractivity (Wildman–Crippen MR) is 167 cm³/mol. The molecule has 0 bridgehead atoms. The summed E-state index contributed by atoms with van der Waals surface area (Å²) in [4.78, 5) is 28.1. The van der Waals surface area contributed by atoms with E-state index >= 15 is 0 Å². The van der Waals surface area contributed by atoms with Gasteiger partial charge in [0.25, 0.3) is 10.0 Å². The Bertz CT molecular complexity index is 1620. The Hall–Kier alpha value is -2.99. The number of nitrogens with one attached hydrogen (secondary N) is 1. The van der Waals surface area contributed by atoms with Crippen molar-refractivity contribution in [3.8, 4) is 0 Å². The highest BCUT2D eigenvalue weighted by Gasteiger charge is 2.37. The van der Waals surface area contributed by atoms with Gasteiger partial charge in [0, 0.05) is 27.7 Å². The van der Waals surface area contributed by atoms with Crippen LogP contribution in [0.3, 0.4) is 0 Å². The molecule has 238 valence electrons. The molecule has 14 heteroatoms. The fraction of sp³-hybridized carbons (Fsp3) is 0.333. The second-order valence-corrected chi connectivity index (χ2v) is 14.2. The van der Waals surface area contributed by atoms with Crippen molar-refractivity contribution in [2.75, 3.05) is 10.8 Å². The topological polar surface area (TPSA) is 86.8 Å². The van der Waals surface area contributed by atoms with Gasteiger partial charge < -0.3 is 10.2 Å². The molecule has 0 aliphatic rings. The van der Waals surface area contributed by atoms with Crippen LogP contribution in [-0.4, -0.2) is 43.3 Å². The molecule has 0 fully saturated rings. The first-order chi connectivity index (χ1) is 20.2. The van der Waals surface area contributed by atoms with Gasteiger partial charge in [0.2, 0.25) is 11.8 Å². The minimum atomic E-state index is -4.91. The number of rotatable bonds is 9. The Morgan fingerprint density at radius 3 is 2.00 bits per heavy atom. The molecule has 3 rings (SSSR count). The average molecular weight is 693 g/mol. The van der Waals surface area contributed by atoms with Crippen molar-refractivity contribution in [3.63, 3.8) is 0 Å². The molecule has 0 heterocycles. The normalized spacial score (nSPS) is 12.9. The van der Waals surface area contributed by atoms with Crippen LogP contribution in [0.4, 0.5) is 18.9 Å². The number of benzene rings is 3. The minimum Gasteiger partial charge on any atom is -0.350 e. The van der Waals surface area contributed by atoms with E-state index in [2.05, 4.69) is 5.32 Å². The largest absolute Gasteiger partial charge is 0.417 e. The van der Waals surface area contributed by atoms with E-state index in [4.69, 9.17) is 34.8 Å². The minimum absolute atomic E-state index is 0.190. The summed E-state index contributed by atoms with van der Waals surface area (Å²) >= 11 is 18.5. The smallest absolute Gasteiger partial charge is 0.350 e. The molecule has 7 nitrogen and oxygen atoms in total. The number of hydrogen-bond acceptors (Lipinski definition) is 4. The number of carbonyl (C=O) groups is 2. The number of carbonyl (C=O) groups excluding carboxylic acids is 2. The lowest BCUT2D eigenvalue weighted by molar-refractivity contribution is -0.140. The highest BCUT2D eigenvalue weighted by molar-refractivity contribution is 7.92. The summed E-state index contributed by atoms with van der Waals surface area (Å²) < 4.78 is 69.8. The van der Waals surface area contributed by atoms with Crippen molar-refractivity contribution in [1.82, 2.24) is 10.2 Å². The molecule has 0 spiro atoms. The molecular weight excluding hydrogens is 662 g/mol. The zero-order valence-electron chi connectivity index (χ0n) is 24.5. The van der Waals surface area contributed by atoms with E-state index < -0.39 is 62.4 Å². The molecule has 0 aliphatic carbocycles. The second-order valence-electron chi connectivity index (χ2n) is 11.1. The quantitative estimate of drug-likeness (QED) is 0.252. The van der Waals surface area contributed by atoms with Crippen LogP contribution in [0.5, 0.6) is 0 Å². The third-order valence-corrected chi connectivity index (χ3v) is 9.31. The maximum Gasteiger partial charge on any atom is 0.417 e. The molecule has 1 atom stereocenters. The number of alkyl halides is 3. The van der Waals surface area contributed by atoms with Crippen LogP contribution in [0.2, 0.25) is 15.1 Å². The fourth-order valence-corrected chi connectivity index (χ4v) is 6.31. The van der Waals surface area contributed by atoms with Gasteiger partial charge in [0.1, 0.15) is 12.6 Å². The summed E-state index contributed by atoms with van der Waals surface area (Å²) in [6.07, 6.45) is -4.91. The van der Waals surface area contributed by atoms with Crippen molar-refractivity contribution >= 4 is 62.3 Å². The SMILES string of the molecule is Cc1ccc(S(=O)(=O)N(CC(=O)N(Cc2c(Cl)cccc2Cl)[C@@H](C)C(=O)NC(C)(C)C)c2ccc(Cl)c(C(F)(F)F)c2)cc1. The number of aryl methyl sites for hydroxylation is 1. The van der Waals surface area contributed by atoms with Crippen LogP contribution >= 0.6 is 34.8 Å². The van der Waals surface area contributed by atoms with E-state index in [-0.39, 0.29) is 21.5 Å². The van der Waals surface area contributed by atoms with Crippen molar-refractivity contribution in [1.29, 1.82) is 0 Å². The lowest BCUT2D eigenvalue weighted by Gasteiger charge is -2.34. The van der Waals surface area contributed by atoms with E-state index in [0.29, 0.717) is 15.9 Å². The molecular formula is C30H31Cl3F3N3O4S.